The van der Waals surface area contributed by atoms with E-state index in [9.17, 15) is 0 Å². The van der Waals surface area contributed by atoms with E-state index in [4.69, 9.17) is 10.6 Å². The van der Waals surface area contributed by atoms with Crippen molar-refractivity contribution in [3.63, 3.8) is 0 Å². The van der Waals surface area contributed by atoms with E-state index in [2.05, 4.69) is 16.5 Å². The maximum absolute atomic E-state index is 5.73. The highest BCUT2D eigenvalue weighted by Crippen LogP contribution is 2.30. The summed E-state index contributed by atoms with van der Waals surface area (Å²) in [4.78, 5) is 4.21. The number of aromatic nitrogens is 1. The maximum atomic E-state index is 5.73. The molecule has 19 heavy (non-hydrogen) atoms. The molecule has 100 valence electrons. The number of ether oxygens (including phenoxy) is 1. The van der Waals surface area contributed by atoms with Crippen molar-refractivity contribution in [2.75, 3.05) is 7.11 Å². The highest BCUT2D eigenvalue weighted by atomic mass is 16.5. The summed E-state index contributed by atoms with van der Waals surface area (Å²) in [6, 6.07) is 9.93. The first-order valence-electron chi connectivity index (χ1n) is 6.19. The SMILES string of the molecule is COc1ccc(C)cc1C(NN)c1ccnc(C)c1. The summed E-state index contributed by atoms with van der Waals surface area (Å²) < 4.78 is 5.42. The maximum Gasteiger partial charge on any atom is 0.124 e. The molecule has 0 spiro atoms. The molecule has 1 heterocycles. The van der Waals surface area contributed by atoms with E-state index in [0.717, 1.165) is 22.6 Å². The van der Waals surface area contributed by atoms with E-state index in [1.165, 1.54) is 5.56 Å². The van der Waals surface area contributed by atoms with Crippen molar-refractivity contribution < 1.29 is 4.74 Å². The number of aryl methyl sites for hydroxylation is 2. The summed E-state index contributed by atoms with van der Waals surface area (Å²) in [5.74, 6) is 6.56. The summed E-state index contributed by atoms with van der Waals surface area (Å²) in [6.07, 6.45) is 1.79. The van der Waals surface area contributed by atoms with Crippen molar-refractivity contribution in [2.24, 2.45) is 5.84 Å². The number of nitrogens with one attached hydrogen (secondary N) is 1. The fourth-order valence-corrected chi connectivity index (χ4v) is 2.19. The predicted octanol–water partition coefficient (Wildman–Crippen LogP) is 2.26. The molecule has 0 radical (unpaired) electrons. The van der Waals surface area contributed by atoms with Crippen molar-refractivity contribution >= 4 is 0 Å². The Balaban J connectivity index is 2.50. The number of benzene rings is 1. The van der Waals surface area contributed by atoms with Crippen molar-refractivity contribution in [3.8, 4) is 5.75 Å². The topological polar surface area (TPSA) is 60.2 Å². The van der Waals surface area contributed by atoms with Crippen LogP contribution in [0.2, 0.25) is 0 Å². The second-order valence-corrected chi connectivity index (χ2v) is 4.58. The number of rotatable bonds is 4. The number of hydrogen-bond donors (Lipinski definition) is 2. The molecule has 2 aromatic rings. The molecular formula is C15H19N3O. The van der Waals surface area contributed by atoms with Gasteiger partial charge in [-0.05, 0) is 37.6 Å². The first-order chi connectivity index (χ1) is 9.15. The second-order valence-electron chi connectivity index (χ2n) is 4.58. The van der Waals surface area contributed by atoms with Crippen LogP contribution in [0.3, 0.4) is 0 Å². The van der Waals surface area contributed by atoms with E-state index in [1.807, 2.05) is 38.1 Å². The number of nitrogens with zero attached hydrogens (tertiary/aromatic N) is 1. The monoisotopic (exact) mass is 257 g/mol. The van der Waals surface area contributed by atoms with E-state index in [0.29, 0.717) is 0 Å². The Hall–Kier alpha value is -1.91. The van der Waals surface area contributed by atoms with E-state index < -0.39 is 0 Å². The molecule has 3 N–H and O–H groups in total. The molecule has 4 heteroatoms. The van der Waals surface area contributed by atoms with E-state index in [-0.39, 0.29) is 6.04 Å². The van der Waals surface area contributed by atoms with Gasteiger partial charge in [-0.1, -0.05) is 17.7 Å². The zero-order chi connectivity index (χ0) is 13.8. The standard InChI is InChI=1S/C15H19N3O/c1-10-4-5-14(19-3)13(8-10)15(18-16)12-6-7-17-11(2)9-12/h4-9,15,18H,16H2,1-3H3. The number of hydrazine groups is 1. The summed E-state index contributed by atoms with van der Waals surface area (Å²) in [6.45, 7) is 4.01. The second kappa shape index (κ2) is 5.82. The average Bonchev–Trinajstić information content (AvgIpc) is 2.40. The molecule has 0 aliphatic carbocycles. The zero-order valence-electron chi connectivity index (χ0n) is 11.5. The van der Waals surface area contributed by atoms with Gasteiger partial charge in [0, 0.05) is 17.5 Å². The van der Waals surface area contributed by atoms with Gasteiger partial charge >= 0.3 is 0 Å². The first kappa shape index (κ1) is 13.5. The van der Waals surface area contributed by atoms with Gasteiger partial charge in [0.1, 0.15) is 5.75 Å². The van der Waals surface area contributed by atoms with Crippen molar-refractivity contribution in [1.29, 1.82) is 0 Å². The van der Waals surface area contributed by atoms with Gasteiger partial charge in [-0.3, -0.25) is 10.8 Å². The Morgan fingerprint density at radius 3 is 2.63 bits per heavy atom. The molecule has 0 fully saturated rings. The van der Waals surface area contributed by atoms with Gasteiger partial charge in [-0.25, -0.2) is 5.43 Å². The van der Waals surface area contributed by atoms with Crippen LogP contribution in [0.25, 0.3) is 0 Å². The van der Waals surface area contributed by atoms with Gasteiger partial charge in [-0.15, -0.1) is 0 Å². The number of methoxy groups -OCH3 is 1. The quantitative estimate of drug-likeness (QED) is 0.651. The van der Waals surface area contributed by atoms with Crippen molar-refractivity contribution in [3.05, 3.63) is 58.9 Å². The van der Waals surface area contributed by atoms with Crippen LogP contribution in [0.5, 0.6) is 5.75 Å². The molecule has 1 unspecified atom stereocenters. The van der Waals surface area contributed by atoms with E-state index >= 15 is 0 Å². The average molecular weight is 257 g/mol. The van der Waals surface area contributed by atoms with Gasteiger partial charge < -0.3 is 4.74 Å². The van der Waals surface area contributed by atoms with Crippen LogP contribution in [0.15, 0.2) is 36.5 Å². The van der Waals surface area contributed by atoms with Gasteiger partial charge in [-0.2, -0.15) is 0 Å². The fraction of sp³-hybridized carbons (Fsp3) is 0.267. The Bertz CT molecular complexity index is 569. The van der Waals surface area contributed by atoms with Gasteiger partial charge in [0.2, 0.25) is 0 Å². The van der Waals surface area contributed by atoms with Crippen molar-refractivity contribution in [1.82, 2.24) is 10.4 Å². The third-order valence-corrected chi connectivity index (χ3v) is 3.12. The number of hydrogen-bond acceptors (Lipinski definition) is 4. The fourth-order valence-electron chi connectivity index (χ4n) is 2.19. The van der Waals surface area contributed by atoms with Crippen LogP contribution in [0, 0.1) is 13.8 Å². The minimum Gasteiger partial charge on any atom is -0.496 e. The molecule has 1 aromatic heterocycles. The third kappa shape index (κ3) is 2.92. The Kier molecular flexibility index (Phi) is 4.14. The molecule has 2 rings (SSSR count). The van der Waals surface area contributed by atoms with Gasteiger partial charge in [0.05, 0.1) is 13.2 Å². The minimum atomic E-state index is -0.114. The lowest BCUT2D eigenvalue weighted by atomic mass is 9.97. The van der Waals surface area contributed by atoms with Crippen molar-refractivity contribution in [2.45, 2.75) is 19.9 Å². The molecule has 4 nitrogen and oxygen atoms in total. The molecular weight excluding hydrogens is 238 g/mol. The normalized spacial score (nSPS) is 12.2. The number of pyridine rings is 1. The first-order valence-corrected chi connectivity index (χ1v) is 6.19. The lowest BCUT2D eigenvalue weighted by Crippen LogP contribution is -2.29. The Morgan fingerprint density at radius 2 is 2.00 bits per heavy atom. The summed E-state index contributed by atoms with van der Waals surface area (Å²) in [7, 11) is 1.67. The van der Waals surface area contributed by atoms with Crippen LogP contribution >= 0.6 is 0 Å². The van der Waals surface area contributed by atoms with Crippen LogP contribution in [-0.4, -0.2) is 12.1 Å². The number of nitrogens with two attached hydrogens (primary N) is 1. The van der Waals surface area contributed by atoms with E-state index in [1.54, 1.807) is 13.3 Å². The molecule has 0 amide bonds. The summed E-state index contributed by atoms with van der Waals surface area (Å²) in [5, 5.41) is 0. The lowest BCUT2D eigenvalue weighted by molar-refractivity contribution is 0.404. The van der Waals surface area contributed by atoms with Crippen LogP contribution in [0.1, 0.15) is 28.4 Å². The predicted molar refractivity (Wildman–Crippen MR) is 75.9 cm³/mol. The molecule has 0 aliphatic heterocycles. The molecule has 0 saturated heterocycles. The minimum absolute atomic E-state index is 0.114. The zero-order valence-corrected chi connectivity index (χ0v) is 11.5. The van der Waals surface area contributed by atoms with Crippen LogP contribution in [0.4, 0.5) is 0 Å². The molecule has 1 atom stereocenters. The highest BCUT2D eigenvalue weighted by Gasteiger charge is 2.17. The summed E-state index contributed by atoms with van der Waals surface area (Å²) in [5.41, 5.74) is 7.08. The molecule has 1 aromatic carbocycles. The Morgan fingerprint density at radius 1 is 1.21 bits per heavy atom. The largest absolute Gasteiger partial charge is 0.496 e. The molecule has 0 aliphatic rings. The third-order valence-electron chi connectivity index (χ3n) is 3.12. The lowest BCUT2D eigenvalue weighted by Gasteiger charge is -2.20. The molecule has 0 saturated carbocycles. The van der Waals surface area contributed by atoms with Gasteiger partial charge in [0.15, 0.2) is 0 Å². The summed E-state index contributed by atoms with van der Waals surface area (Å²) >= 11 is 0. The molecule has 0 bridgehead atoms. The van der Waals surface area contributed by atoms with Gasteiger partial charge in [0.25, 0.3) is 0 Å². The Labute approximate surface area is 113 Å². The smallest absolute Gasteiger partial charge is 0.124 e. The van der Waals surface area contributed by atoms with Crippen LogP contribution < -0.4 is 16.0 Å². The highest BCUT2D eigenvalue weighted by molar-refractivity contribution is 5.43. The van der Waals surface area contributed by atoms with Crippen LogP contribution in [-0.2, 0) is 0 Å².